The van der Waals surface area contributed by atoms with Gasteiger partial charge in [-0.25, -0.2) is 0 Å². The molecule has 1 aromatic carbocycles. The van der Waals surface area contributed by atoms with Gasteiger partial charge in [0.15, 0.2) is 5.78 Å². The molecule has 0 aliphatic carbocycles. The van der Waals surface area contributed by atoms with E-state index in [0.29, 0.717) is 11.3 Å². The van der Waals surface area contributed by atoms with Gasteiger partial charge in [0.25, 0.3) is 0 Å². The Kier molecular flexibility index (Phi) is 3.31. The summed E-state index contributed by atoms with van der Waals surface area (Å²) >= 11 is 0. The van der Waals surface area contributed by atoms with E-state index in [9.17, 15) is 4.79 Å². The monoisotopic (exact) mass is 224 g/mol. The smallest absolute Gasteiger partial charge is 0.185 e. The summed E-state index contributed by atoms with van der Waals surface area (Å²) in [6.07, 6.45) is 6.67. The predicted molar refractivity (Wildman–Crippen MR) is 68.5 cm³/mol. The third-order valence-electron chi connectivity index (χ3n) is 2.31. The molecule has 2 N–H and O–H groups in total. The molecule has 2 rings (SSSR count). The first kappa shape index (κ1) is 11.1. The summed E-state index contributed by atoms with van der Waals surface area (Å²) < 4.78 is 0. The number of nitrogens with two attached hydrogens (primary N) is 1. The maximum atomic E-state index is 11.8. The van der Waals surface area contributed by atoms with E-state index in [1.54, 1.807) is 42.7 Å². The van der Waals surface area contributed by atoms with Gasteiger partial charge in [-0.2, -0.15) is 0 Å². The lowest BCUT2D eigenvalue weighted by Crippen LogP contribution is -1.94. The number of allylic oxidation sites excluding steroid dienone is 1. The molecule has 1 aromatic heterocycles. The topological polar surface area (TPSA) is 56.0 Å². The average Bonchev–Trinajstić information content (AvgIpc) is 2.38. The summed E-state index contributed by atoms with van der Waals surface area (Å²) in [7, 11) is 0. The number of aromatic nitrogens is 1. The maximum absolute atomic E-state index is 11.8. The largest absolute Gasteiger partial charge is 0.399 e. The lowest BCUT2D eigenvalue weighted by atomic mass is 10.1. The van der Waals surface area contributed by atoms with Crippen molar-refractivity contribution in [2.75, 3.05) is 5.73 Å². The fraction of sp³-hybridized carbons (Fsp3) is 0. The minimum atomic E-state index is -0.0474. The molecule has 0 unspecified atom stereocenters. The normalized spacial score (nSPS) is 10.6. The molecule has 0 saturated carbocycles. The van der Waals surface area contributed by atoms with Crippen LogP contribution < -0.4 is 5.73 Å². The Hall–Kier alpha value is -2.42. The van der Waals surface area contributed by atoms with Crippen molar-refractivity contribution in [2.45, 2.75) is 0 Å². The number of carbonyl (C=O) groups excluding carboxylic acids is 1. The minimum Gasteiger partial charge on any atom is -0.399 e. The average molecular weight is 224 g/mol. The van der Waals surface area contributed by atoms with Crippen molar-refractivity contribution < 1.29 is 4.79 Å². The number of rotatable bonds is 3. The molecule has 0 atom stereocenters. The van der Waals surface area contributed by atoms with Crippen LogP contribution in [0.5, 0.6) is 0 Å². The van der Waals surface area contributed by atoms with Crippen LogP contribution in [0.15, 0.2) is 54.9 Å². The standard InChI is InChI=1S/C14H12N2O/c15-13-6-4-12(5-7-13)14(17)8-3-11-2-1-9-16-10-11/h1-10H,15H2/b8-3+. The van der Waals surface area contributed by atoms with Crippen molar-refractivity contribution in [2.24, 2.45) is 0 Å². The number of nitrogens with zero attached hydrogens (tertiary/aromatic N) is 1. The zero-order valence-electron chi connectivity index (χ0n) is 9.21. The van der Waals surface area contributed by atoms with Crippen LogP contribution in [-0.2, 0) is 0 Å². The molecule has 2 aromatic rings. The number of hydrogen-bond acceptors (Lipinski definition) is 3. The molecule has 3 nitrogen and oxygen atoms in total. The fourth-order valence-electron chi connectivity index (χ4n) is 1.39. The number of hydrogen-bond donors (Lipinski definition) is 1. The molecule has 84 valence electrons. The van der Waals surface area contributed by atoms with Crippen molar-refractivity contribution in [3.8, 4) is 0 Å². The van der Waals surface area contributed by atoms with Gasteiger partial charge in [-0.05, 0) is 48.0 Å². The van der Waals surface area contributed by atoms with Crippen LogP contribution in [0.1, 0.15) is 15.9 Å². The zero-order valence-corrected chi connectivity index (χ0v) is 9.21. The van der Waals surface area contributed by atoms with Gasteiger partial charge in [0.05, 0.1) is 0 Å². The molecule has 0 radical (unpaired) electrons. The van der Waals surface area contributed by atoms with Crippen molar-refractivity contribution in [1.82, 2.24) is 4.98 Å². The van der Waals surface area contributed by atoms with Crippen molar-refractivity contribution in [3.05, 3.63) is 66.0 Å². The van der Waals surface area contributed by atoms with Crippen LogP contribution in [-0.4, -0.2) is 10.8 Å². The van der Waals surface area contributed by atoms with E-state index in [4.69, 9.17) is 5.73 Å². The minimum absolute atomic E-state index is 0.0474. The second kappa shape index (κ2) is 5.07. The quantitative estimate of drug-likeness (QED) is 0.495. The first-order valence-electron chi connectivity index (χ1n) is 5.24. The Morgan fingerprint density at radius 2 is 1.94 bits per heavy atom. The molecule has 0 saturated heterocycles. The number of anilines is 1. The lowest BCUT2D eigenvalue weighted by Gasteiger charge is -1.96. The highest BCUT2D eigenvalue weighted by Crippen LogP contribution is 2.08. The molecule has 0 aliphatic heterocycles. The first-order chi connectivity index (χ1) is 8.25. The summed E-state index contributed by atoms with van der Waals surface area (Å²) in [5.74, 6) is -0.0474. The second-order valence-corrected chi connectivity index (χ2v) is 3.61. The van der Waals surface area contributed by atoms with Gasteiger partial charge in [0, 0.05) is 23.6 Å². The molecule has 3 heteroatoms. The van der Waals surface area contributed by atoms with Crippen molar-refractivity contribution in [3.63, 3.8) is 0 Å². The molecular formula is C14H12N2O. The molecular weight excluding hydrogens is 212 g/mol. The van der Waals surface area contributed by atoms with Gasteiger partial charge in [-0.15, -0.1) is 0 Å². The zero-order chi connectivity index (χ0) is 12.1. The van der Waals surface area contributed by atoms with E-state index >= 15 is 0 Å². The fourth-order valence-corrected chi connectivity index (χ4v) is 1.39. The Labute approximate surface area is 99.6 Å². The maximum Gasteiger partial charge on any atom is 0.185 e. The van der Waals surface area contributed by atoms with Crippen LogP contribution in [0.25, 0.3) is 6.08 Å². The van der Waals surface area contributed by atoms with Gasteiger partial charge in [-0.3, -0.25) is 9.78 Å². The summed E-state index contributed by atoms with van der Waals surface area (Å²) in [5, 5.41) is 0. The Morgan fingerprint density at radius 1 is 1.18 bits per heavy atom. The number of carbonyl (C=O) groups is 1. The van der Waals surface area contributed by atoms with Gasteiger partial charge in [-0.1, -0.05) is 6.07 Å². The Balaban J connectivity index is 2.12. The van der Waals surface area contributed by atoms with E-state index < -0.39 is 0 Å². The predicted octanol–water partition coefficient (Wildman–Crippen LogP) is 2.56. The van der Waals surface area contributed by atoms with Gasteiger partial charge >= 0.3 is 0 Å². The van der Waals surface area contributed by atoms with Gasteiger partial charge in [0.1, 0.15) is 0 Å². The number of nitrogen functional groups attached to an aromatic ring is 1. The van der Waals surface area contributed by atoms with Crippen LogP contribution in [0.3, 0.4) is 0 Å². The molecule has 0 fully saturated rings. The number of benzene rings is 1. The van der Waals surface area contributed by atoms with E-state index in [0.717, 1.165) is 5.56 Å². The lowest BCUT2D eigenvalue weighted by molar-refractivity contribution is 0.104. The first-order valence-corrected chi connectivity index (χ1v) is 5.24. The highest BCUT2D eigenvalue weighted by Gasteiger charge is 2.00. The Morgan fingerprint density at radius 3 is 2.59 bits per heavy atom. The molecule has 0 aliphatic rings. The van der Waals surface area contributed by atoms with Crippen molar-refractivity contribution in [1.29, 1.82) is 0 Å². The number of ketones is 1. The third-order valence-corrected chi connectivity index (χ3v) is 2.31. The molecule has 0 spiro atoms. The molecule has 1 heterocycles. The highest BCUT2D eigenvalue weighted by atomic mass is 16.1. The molecule has 0 amide bonds. The summed E-state index contributed by atoms with van der Waals surface area (Å²) in [6, 6.07) is 10.6. The molecule has 17 heavy (non-hydrogen) atoms. The van der Waals surface area contributed by atoms with E-state index in [-0.39, 0.29) is 5.78 Å². The third kappa shape index (κ3) is 3.01. The van der Waals surface area contributed by atoms with E-state index in [1.165, 1.54) is 6.08 Å². The van der Waals surface area contributed by atoms with E-state index in [1.807, 2.05) is 12.1 Å². The van der Waals surface area contributed by atoms with Crippen LogP contribution >= 0.6 is 0 Å². The van der Waals surface area contributed by atoms with Crippen molar-refractivity contribution >= 4 is 17.5 Å². The van der Waals surface area contributed by atoms with Gasteiger partial charge in [0.2, 0.25) is 0 Å². The van der Waals surface area contributed by atoms with Crippen LogP contribution in [0.4, 0.5) is 5.69 Å². The summed E-state index contributed by atoms with van der Waals surface area (Å²) in [4.78, 5) is 15.7. The highest BCUT2D eigenvalue weighted by molar-refractivity contribution is 6.06. The molecule has 0 bridgehead atoms. The second-order valence-electron chi connectivity index (χ2n) is 3.61. The summed E-state index contributed by atoms with van der Waals surface area (Å²) in [6.45, 7) is 0. The van der Waals surface area contributed by atoms with Crippen LogP contribution in [0, 0.1) is 0 Å². The summed E-state index contributed by atoms with van der Waals surface area (Å²) in [5.41, 5.74) is 7.73. The van der Waals surface area contributed by atoms with Crippen LogP contribution in [0.2, 0.25) is 0 Å². The van der Waals surface area contributed by atoms with Gasteiger partial charge < -0.3 is 5.73 Å². The SMILES string of the molecule is Nc1ccc(C(=O)/C=C/c2cccnc2)cc1. The van der Waals surface area contributed by atoms with E-state index in [2.05, 4.69) is 4.98 Å². The number of pyridine rings is 1. The Bertz CT molecular complexity index is 530.